The lowest BCUT2D eigenvalue weighted by Crippen LogP contribution is -2.10. The molecule has 0 saturated heterocycles. The molecule has 0 radical (unpaired) electrons. The second-order valence-electron chi connectivity index (χ2n) is 5.10. The Bertz CT molecular complexity index is 755. The Labute approximate surface area is 146 Å². The zero-order valence-corrected chi connectivity index (χ0v) is 15.0. The number of hydrogen-bond acceptors (Lipinski definition) is 6. The Hall–Kier alpha value is -2.96. The van der Waals surface area contributed by atoms with E-state index in [1.54, 1.807) is 42.1 Å². The summed E-state index contributed by atoms with van der Waals surface area (Å²) in [5.74, 6) is 1.53. The normalized spacial score (nSPS) is 11.2. The van der Waals surface area contributed by atoms with E-state index in [2.05, 4.69) is 4.98 Å². The Morgan fingerprint density at radius 1 is 1.16 bits per heavy atom. The molecule has 0 spiro atoms. The van der Waals surface area contributed by atoms with Crippen molar-refractivity contribution < 1.29 is 23.7 Å². The number of aromatic nitrogens is 2. The lowest BCUT2D eigenvalue weighted by atomic mass is 10.1. The topological polar surface area (TPSA) is 71.8 Å². The molecule has 2 aromatic rings. The van der Waals surface area contributed by atoms with E-state index in [-0.39, 0.29) is 6.61 Å². The quantitative estimate of drug-likeness (QED) is 0.567. The lowest BCUT2D eigenvalue weighted by Gasteiger charge is -2.13. The predicted octanol–water partition coefficient (Wildman–Crippen LogP) is 2.55. The van der Waals surface area contributed by atoms with Gasteiger partial charge in [0.15, 0.2) is 11.5 Å². The van der Waals surface area contributed by atoms with Gasteiger partial charge in [0, 0.05) is 19.4 Å². The van der Waals surface area contributed by atoms with Crippen molar-refractivity contribution in [2.75, 3.05) is 27.9 Å². The van der Waals surface area contributed by atoms with Crippen molar-refractivity contribution in [3.8, 4) is 17.2 Å². The molecule has 1 heterocycles. The SMILES string of the molecule is CCOC(=O)C(=Cc1cc(OC)c(OC)c(OC)c1)c1nccn1C. The minimum atomic E-state index is -0.453. The van der Waals surface area contributed by atoms with Crippen molar-refractivity contribution in [2.24, 2.45) is 7.05 Å². The van der Waals surface area contributed by atoms with Crippen molar-refractivity contribution in [1.29, 1.82) is 0 Å². The van der Waals surface area contributed by atoms with Crippen molar-refractivity contribution in [1.82, 2.24) is 9.55 Å². The molecule has 1 aromatic carbocycles. The van der Waals surface area contributed by atoms with Crippen molar-refractivity contribution in [3.63, 3.8) is 0 Å². The number of methoxy groups -OCH3 is 3. The van der Waals surface area contributed by atoms with E-state index in [1.807, 2.05) is 7.05 Å². The van der Waals surface area contributed by atoms with Gasteiger partial charge in [0.05, 0.1) is 27.9 Å². The van der Waals surface area contributed by atoms with Gasteiger partial charge < -0.3 is 23.5 Å². The van der Waals surface area contributed by atoms with Crippen LogP contribution in [0.3, 0.4) is 0 Å². The van der Waals surface area contributed by atoms with Crippen LogP contribution in [0.5, 0.6) is 17.2 Å². The molecule has 2 rings (SSSR count). The van der Waals surface area contributed by atoms with E-state index in [1.165, 1.54) is 21.3 Å². The number of aryl methyl sites for hydroxylation is 1. The highest BCUT2D eigenvalue weighted by molar-refractivity contribution is 6.20. The molecule has 0 aliphatic carbocycles. The van der Waals surface area contributed by atoms with Crippen LogP contribution >= 0.6 is 0 Å². The summed E-state index contributed by atoms with van der Waals surface area (Å²) in [5, 5.41) is 0. The average Bonchev–Trinajstić information content (AvgIpc) is 3.04. The first-order valence-electron chi connectivity index (χ1n) is 7.72. The standard InChI is InChI=1S/C18H22N2O5/c1-6-25-18(21)13(17-19-7-8-20(17)2)9-12-10-14(22-3)16(24-5)15(11-12)23-4/h7-11H,6H2,1-5H3. The maximum Gasteiger partial charge on any atom is 0.341 e. The Morgan fingerprint density at radius 2 is 1.80 bits per heavy atom. The van der Waals surface area contributed by atoms with Crippen LogP contribution in [0.25, 0.3) is 11.6 Å². The molecule has 7 heteroatoms. The van der Waals surface area contributed by atoms with Crippen molar-refractivity contribution >= 4 is 17.6 Å². The fraction of sp³-hybridized carbons (Fsp3) is 0.333. The van der Waals surface area contributed by atoms with E-state index in [0.717, 1.165) is 0 Å². The van der Waals surface area contributed by atoms with Gasteiger partial charge in [-0.25, -0.2) is 9.78 Å². The lowest BCUT2D eigenvalue weighted by molar-refractivity contribution is -0.136. The molecule has 0 N–H and O–H groups in total. The van der Waals surface area contributed by atoms with Crippen LogP contribution in [0, 0.1) is 0 Å². The molecular weight excluding hydrogens is 324 g/mol. The third kappa shape index (κ3) is 3.93. The summed E-state index contributed by atoms with van der Waals surface area (Å²) < 4.78 is 22.9. The van der Waals surface area contributed by atoms with E-state index in [4.69, 9.17) is 18.9 Å². The third-order valence-corrected chi connectivity index (χ3v) is 3.56. The summed E-state index contributed by atoms with van der Waals surface area (Å²) in [6, 6.07) is 3.51. The summed E-state index contributed by atoms with van der Waals surface area (Å²) >= 11 is 0. The average molecular weight is 346 g/mol. The number of rotatable bonds is 7. The Balaban J connectivity index is 2.59. The molecule has 0 aliphatic rings. The van der Waals surface area contributed by atoms with Crippen LogP contribution in [-0.4, -0.2) is 43.5 Å². The van der Waals surface area contributed by atoms with E-state index < -0.39 is 5.97 Å². The number of carbonyl (C=O) groups excluding carboxylic acids is 1. The van der Waals surface area contributed by atoms with Gasteiger partial charge in [0.2, 0.25) is 5.75 Å². The molecule has 25 heavy (non-hydrogen) atoms. The number of carbonyl (C=O) groups is 1. The molecule has 134 valence electrons. The van der Waals surface area contributed by atoms with Gasteiger partial charge in [0.1, 0.15) is 11.4 Å². The van der Waals surface area contributed by atoms with Gasteiger partial charge in [0.25, 0.3) is 0 Å². The molecular formula is C18H22N2O5. The molecule has 0 unspecified atom stereocenters. The Morgan fingerprint density at radius 3 is 2.24 bits per heavy atom. The largest absolute Gasteiger partial charge is 0.493 e. The van der Waals surface area contributed by atoms with Gasteiger partial charge in [-0.2, -0.15) is 0 Å². The van der Waals surface area contributed by atoms with E-state index in [9.17, 15) is 4.79 Å². The van der Waals surface area contributed by atoms with Gasteiger partial charge in [-0.1, -0.05) is 0 Å². The van der Waals surface area contributed by atoms with Crippen LogP contribution < -0.4 is 14.2 Å². The summed E-state index contributed by atoms with van der Waals surface area (Å²) in [4.78, 5) is 16.6. The molecule has 0 atom stereocenters. The highest BCUT2D eigenvalue weighted by atomic mass is 16.5. The maximum atomic E-state index is 12.4. The monoisotopic (exact) mass is 346 g/mol. The smallest absolute Gasteiger partial charge is 0.341 e. The first kappa shape index (κ1) is 18.4. The highest BCUT2D eigenvalue weighted by Crippen LogP contribution is 2.39. The molecule has 7 nitrogen and oxygen atoms in total. The molecule has 0 aliphatic heterocycles. The molecule has 0 fully saturated rings. The summed E-state index contributed by atoms with van der Waals surface area (Å²) in [6.45, 7) is 2.03. The first-order valence-corrected chi connectivity index (χ1v) is 7.72. The molecule has 0 bridgehead atoms. The zero-order valence-electron chi connectivity index (χ0n) is 15.0. The van der Waals surface area contributed by atoms with Crippen molar-refractivity contribution in [2.45, 2.75) is 6.92 Å². The Kier molecular flexibility index (Phi) is 6.05. The fourth-order valence-electron chi connectivity index (χ4n) is 2.40. The van der Waals surface area contributed by atoms with Gasteiger partial charge in [-0.15, -0.1) is 0 Å². The van der Waals surface area contributed by atoms with E-state index in [0.29, 0.717) is 34.2 Å². The molecule has 0 saturated carbocycles. The number of hydrogen-bond donors (Lipinski definition) is 0. The minimum absolute atomic E-state index is 0.274. The third-order valence-electron chi connectivity index (χ3n) is 3.56. The molecule has 0 amide bonds. The number of benzene rings is 1. The molecule has 1 aromatic heterocycles. The van der Waals surface area contributed by atoms with Gasteiger partial charge >= 0.3 is 5.97 Å². The summed E-state index contributed by atoms with van der Waals surface area (Å²) in [5.41, 5.74) is 1.03. The highest BCUT2D eigenvalue weighted by Gasteiger charge is 2.19. The minimum Gasteiger partial charge on any atom is -0.493 e. The van der Waals surface area contributed by atoms with Crippen LogP contribution in [-0.2, 0) is 16.6 Å². The fourth-order valence-corrected chi connectivity index (χ4v) is 2.40. The van der Waals surface area contributed by atoms with Gasteiger partial charge in [-0.3, -0.25) is 0 Å². The van der Waals surface area contributed by atoms with Crippen LogP contribution in [0.4, 0.5) is 0 Å². The van der Waals surface area contributed by atoms with Gasteiger partial charge in [-0.05, 0) is 30.7 Å². The van der Waals surface area contributed by atoms with Crippen LogP contribution in [0.2, 0.25) is 0 Å². The second kappa shape index (κ2) is 8.23. The zero-order chi connectivity index (χ0) is 18.4. The van der Waals surface area contributed by atoms with Crippen LogP contribution in [0.15, 0.2) is 24.5 Å². The predicted molar refractivity (Wildman–Crippen MR) is 93.8 cm³/mol. The first-order chi connectivity index (χ1) is 12.0. The van der Waals surface area contributed by atoms with Crippen LogP contribution in [0.1, 0.15) is 18.3 Å². The maximum absolute atomic E-state index is 12.4. The number of nitrogens with zero attached hydrogens (tertiary/aromatic N) is 2. The summed E-state index contributed by atoms with van der Waals surface area (Å²) in [6.07, 6.45) is 5.07. The van der Waals surface area contributed by atoms with Crippen molar-refractivity contribution in [3.05, 3.63) is 35.9 Å². The number of esters is 1. The second-order valence-corrected chi connectivity index (χ2v) is 5.10. The number of imidazole rings is 1. The number of ether oxygens (including phenoxy) is 4. The summed E-state index contributed by atoms with van der Waals surface area (Å²) in [7, 11) is 6.42. The van der Waals surface area contributed by atoms with E-state index >= 15 is 0 Å².